The van der Waals surface area contributed by atoms with Gasteiger partial charge < -0.3 is 10.1 Å². The molecule has 0 saturated heterocycles. The summed E-state index contributed by atoms with van der Waals surface area (Å²) in [4.78, 5) is 14.9. The summed E-state index contributed by atoms with van der Waals surface area (Å²) in [5.41, 5.74) is 0.761. The Bertz CT molecular complexity index is 354. The normalized spacial score (nSPS) is 11.2. The Morgan fingerprint density at radius 1 is 1.47 bits per heavy atom. The zero-order valence-corrected chi connectivity index (χ0v) is 8.83. The fourth-order valence-electron chi connectivity index (χ4n) is 1.01. The number of halogens is 3. The average molecular weight is 248 g/mol. The van der Waals surface area contributed by atoms with Crippen molar-refractivity contribution in [3.8, 4) is 0 Å². The quantitative estimate of drug-likeness (QED) is 0.853. The van der Waals surface area contributed by atoms with Crippen molar-refractivity contribution in [2.45, 2.75) is 12.7 Å². The van der Waals surface area contributed by atoms with E-state index in [4.69, 9.17) is 0 Å². The molecule has 1 N–H and O–H groups in total. The van der Waals surface area contributed by atoms with Crippen LogP contribution < -0.4 is 5.32 Å². The van der Waals surface area contributed by atoms with E-state index >= 15 is 0 Å². The van der Waals surface area contributed by atoms with E-state index in [0.29, 0.717) is 0 Å². The monoisotopic (exact) mass is 248 g/mol. The highest BCUT2D eigenvalue weighted by molar-refractivity contribution is 5.77. The number of hydrogen-bond acceptors (Lipinski definition) is 3. The summed E-state index contributed by atoms with van der Waals surface area (Å²) in [6.45, 7) is -1.82. The number of hydrogen-bond donors (Lipinski definition) is 1. The average Bonchev–Trinajstić information content (AvgIpc) is 2.26. The molecule has 4 nitrogen and oxygen atoms in total. The van der Waals surface area contributed by atoms with Gasteiger partial charge in [0.05, 0.1) is 0 Å². The molecule has 0 aliphatic carbocycles. The second-order valence-corrected chi connectivity index (χ2v) is 3.25. The van der Waals surface area contributed by atoms with Crippen LogP contribution in [0.2, 0.25) is 0 Å². The van der Waals surface area contributed by atoms with Gasteiger partial charge in [-0.15, -0.1) is 0 Å². The van der Waals surface area contributed by atoms with Gasteiger partial charge in [-0.1, -0.05) is 6.07 Å². The third-order valence-electron chi connectivity index (χ3n) is 1.71. The van der Waals surface area contributed by atoms with Gasteiger partial charge in [-0.05, 0) is 11.6 Å². The fraction of sp³-hybridized carbons (Fsp3) is 0.400. The SMILES string of the molecule is O=C(COCC(F)(F)F)NCc1cccnc1. The molecule has 0 spiro atoms. The smallest absolute Gasteiger partial charge is 0.362 e. The van der Waals surface area contributed by atoms with Crippen LogP contribution in [-0.2, 0) is 16.1 Å². The minimum absolute atomic E-state index is 0.210. The number of ether oxygens (including phenoxy) is 1. The number of carbonyl (C=O) groups excluding carboxylic acids is 1. The molecule has 0 aliphatic rings. The Kier molecular flexibility index (Phi) is 4.89. The van der Waals surface area contributed by atoms with Crippen LogP contribution in [0.25, 0.3) is 0 Å². The van der Waals surface area contributed by atoms with E-state index in [1.165, 1.54) is 0 Å². The van der Waals surface area contributed by atoms with E-state index in [1.54, 1.807) is 24.5 Å². The van der Waals surface area contributed by atoms with Crippen LogP contribution in [0.15, 0.2) is 24.5 Å². The van der Waals surface area contributed by atoms with Crippen LogP contribution in [-0.4, -0.2) is 30.3 Å². The lowest BCUT2D eigenvalue weighted by molar-refractivity contribution is -0.175. The number of amides is 1. The number of pyridine rings is 1. The predicted molar refractivity (Wildman–Crippen MR) is 53.0 cm³/mol. The molecule has 1 amide bonds. The zero-order chi connectivity index (χ0) is 12.7. The summed E-state index contributed by atoms with van der Waals surface area (Å²) in [5.74, 6) is -0.599. The Hall–Kier alpha value is -1.63. The molecule has 1 aromatic rings. The second kappa shape index (κ2) is 6.19. The molecule has 0 saturated carbocycles. The minimum Gasteiger partial charge on any atom is -0.362 e. The zero-order valence-electron chi connectivity index (χ0n) is 8.83. The van der Waals surface area contributed by atoms with E-state index in [9.17, 15) is 18.0 Å². The van der Waals surface area contributed by atoms with Crippen LogP contribution in [0.1, 0.15) is 5.56 Å². The summed E-state index contributed by atoms with van der Waals surface area (Å²) in [7, 11) is 0. The topological polar surface area (TPSA) is 51.2 Å². The molecule has 1 rings (SSSR count). The predicted octanol–water partition coefficient (Wildman–Crippen LogP) is 1.28. The highest BCUT2D eigenvalue weighted by atomic mass is 19.4. The molecular weight excluding hydrogens is 237 g/mol. The summed E-state index contributed by atoms with van der Waals surface area (Å²) in [5, 5.41) is 2.41. The van der Waals surface area contributed by atoms with Gasteiger partial charge in [-0.2, -0.15) is 13.2 Å². The Balaban J connectivity index is 2.18. The first-order chi connectivity index (χ1) is 7.97. The standard InChI is InChI=1S/C10H11F3N2O2/c11-10(12,13)7-17-6-9(16)15-5-8-2-1-3-14-4-8/h1-4H,5-7H2,(H,15,16). The first-order valence-corrected chi connectivity index (χ1v) is 4.77. The van der Waals surface area contributed by atoms with Crippen molar-refractivity contribution < 1.29 is 22.7 Å². The molecule has 7 heteroatoms. The molecule has 0 aromatic carbocycles. The largest absolute Gasteiger partial charge is 0.411 e. The van der Waals surface area contributed by atoms with Crippen molar-refractivity contribution in [3.63, 3.8) is 0 Å². The van der Waals surface area contributed by atoms with Crippen molar-refractivity contribution >= 4 is 5.91 Å². The summed E-state index contributed by atoms with van der Waals surface area (Å²) in [6, 6.07) is 3.44. The van der Waals surface area contributed by atoms with Crippen LogP contribution in [0.3, 0.4) is 0 Å². The van der Waals surface area contributed by atoms with Gasteiger partial charge in [-0.25, -0.2) is 0 Å². The Morgan fingerprint density at radius 3 is 2.82 bits per heavy atom. The number of rotatable bonds is 5. The highest BCUT2D eigenvalue weighted by Gasteiger charge is 2.27. The molecule has 0 aliphatic heterocycles. The number of nitrogens with one attached hydrogen (secondary N) is 1. The second-order valence-electron chi connectivity index (χ2n) is 3.25. The number of aromatic nitrogens is 1. The maximum absolute atomic E-state index is 11.7. The molecule has 1 aromatic heterocycles. The van der Waals surface area contributed by atoms with Crippen molar-refractivity contribution in [3.05, 3.63) is 30.1 Å². The molecule has 1 heterocycles. The van der Waals surface area contributed by atoms with Crippen LogP contribution in [0.4, 0.5) is 13.2 Å². The first kappa shape index (κ1) is 13.4. The molecular formula is C10H11F3N2O2. The van der Waals surface area contributed by atoms with E-state index in [2.05, 4.69) is 15.0 Å². The first-order valence-electron chi connectivity index (χ1n) is 4.77. The van der Waals surface area contributed by atoms with Gasteiger partial charge in [0.1, 0.15) is 13.2 Å². The molecule has 0 fully saturated rings. The molecule has 0 unspecified atom stereocenters. The lowest BCUT2D eigenvalue weighted by Gasteiger charge is -2.08. The van der Waals surface area contributed by atoms with Crippen LogP contribution >= 0.6 is 0 Å². The van der Waals surface area contributed by atoms with E-state index in [1.807, 2.05) is 0 Å². The fourth-order valence-corrected chi connectivity index (χ4v) is 1.01. The van der Waals surface area contributed by atoms with Gasteiger partial charge in [0.2, 0.25) is 5.91 Å². The Morgan fingerprint density at radius 2 is 2.24 bits per heavy atom. The van der Waals surface area contributed by atoms with Crippen LogP contribution in [0.5, 0.6) is 0 Å². The van der Waals surface area contributed by atoms with E-state index < -0.39 is 25.3 Å². The van der Waals surface area contributed by atoms with Gasteiger partial charge in [0.25, 0.3) is 0 Å². The highest BCUT2D eigenvalue weighted by Crippen LogP contribution is 2.13. The van der Waals surface area contributed by atoms with Gasteiger partial charge in [0, 0.05) is 18.9 Å². The number of nitrogens with zero attached hydrogens (tertiary/aromatic N) is 1. The van der Waals surface area contributed by atoms with Crippen molar-refractivity contribution in [2.75, 3.05) is 13.2 Å². The minimum atomic E-state index is -4.41. The number of carbonyl (C=O) groups is 1. The number of alkyl halides is 3. The molecule has 0 radical (unpaired) electrons. The summed E-state index contributed by atoms with van der Waals surface area (Å²) in [6.07, 6.45) is -1.28. The molecule has 0 atom stereocenters. The van der Waals surface area contributed by atoms with Crippen molar-refractivity contribution in [1.29, 1.82) is 0 Å². The third-order valence-corrected chi connectivity index (χ3v) is 1.71. The lowest BCUT2D eigenvalue weighted by atomic mass is 10.3. The lowest BCUT2D eigenvalue weighted by Crippen LogP contribution is -2.29. The van der Waals surface area contributed by atoms with Gasteiger partial charge in [-0.3, -0.25) is 9.78 Å². The maximum atomic E-state index is 11.7. The van der Waals surface area contributed by atoms with Gasteiger partial charge in [0.15, 0.2) is 0 Å². The van der Waals surface area contributed by atoms with Gasteiger partial charge >= 0.3 is 6.18 Å². The molecule has 94 valence electrons. The summed E-state index contributed by atoms with van der Waals surface area (Å²) < 4.78 is 39.3. The third kappa shape index (κ3) is 6.52. The van der Waals surface area contributed by atoms with Crippen LogP contribution in [0, 0.1) is 0 Å². The molecule has 0 bridgehead atoms. The van der Waals surface area contributed by atoms with Crippen molar-refractivity contribution in [2.24, 2.45) is 0 Å². The van der Waals surface area contributed by atoms with E-state index in [-0.39, 0.29) is 6.54 Å². The van der Waals surface area contributed by atoms with Crippen molar-refractivity contribution in [1.82, 2.24) is 10.3 Å². The van der Waals surface area contributed by atoms with E-state index in [0.717, 1.165) is 5.56 Å². The maximum Gasteiger partial charge on any atom is 0.411 e. The summed E-state index contributed by atoms with van der Waals surface area (Å²) >= 11 is 0. The molecule has 17 heavy (non-hydrogen) atoms. The Labute approximate surface area is 95.8 Å².